The quantitative estimate of drug-likeness (QED) is 0.604. The first-order chi connectivity index (χ1) is 9.19. The maximum Gasteiger partial charge on any atom is 0.295 e. The van der Waals surface area contributed by atoms with Crippen molar-refractivity contribution in [2.24, 2.45) is 0 Å². The molecule has 2 heterocycles. The minimum atomic E-state index is -0.415. The second kappa shape index (κ2) is 5.70. The van der Waals surface area contributed by atoms with Crippen LogP contribution >= 0.6 is 0 Å². The van der Waals surface area contributed by atoms with E-state index in [1.165, 1.54) is 13.4 Å². The van der Waals surface area contributed by atoms with Crippen LogP contribution in [0.3, 0.4) is 0 Å². The Morgan fingerprint density at radius 2 is 2.42 bits per heavy atom. The molecule has 0 aromatic carbocycles. The normalized spacial score (nSPS) is 19.1. The van der Waals surface area contributed by atoms with Crippen LogP contribution in [-0.2, 0) is 4.79 Å². The van der Waals surface area contributed by atoms with Crippen molar-refractivity contribution in [2.45, 2.75) is 6.04 Å². The number of nitrogens with zero attached hydrogens (tertiary/aromatic N) is 2. The Hall–Kier alpha value is -2.09. The number of piperazine rings is 1. The van der Waals surface area contributed by atoms with Gasteiger partial charge < -0.3 is 25.3 Å². The molecule has 1 aromatic rings. The summed E-state index contributed by atoms with van der Waals surface area (Å²) in [7, 11) is 2.99. The molecule has 1 amide bonds. The van der Waals surface area contributed by atoms with Gasteiger partial charge in [0.15, 0.2) is 5.82 Å². The molecule has 1 atom stereocenters. The first-order valence-electron chi connectivity index (χ1n) is 5.99. The molecular formula is C11H17N5O3. The summed E-state index contributed by atoms with van der Waals surface area (Å²) in [6.45, 7) is 1.79. The Kier molecular flexibility index (Phi) is 4.00. The largest absolute Gasteiger partial charge is 0.489 e. The number of hydrogen-bond donors (Lipinski definition) is 3. The van der Waals surface area contributed by atoms with Crippen LogP contribution in [0.1, 0.15) is 0 Å². The third-order valence-corrected chi connectivity index (χ3v) is 3.06. The Morgan fingerprint density at radius 1 is 1.63 bits per heavy atom. The zero-order valence-electron chi connectivity index (χ0n) is 10.9. The zero-order chi connectivity index (χ0) is 13.8. The van der Waals surface area contributed by atoms with Gasteiger partial charge >= 0.3 is 0 Å². The number of aromatic nitrogens is 2. The first kappa shape index (κ1) is 13.3. The van der Waals surface area contributed by atoms with Crippen molar-refractivity contribution in [1.82, 2.24) is 20.6 Å². The summed E-state index contributed by atoms with van der Waals surface area (Å²) in [6.07, 6.45) is 1.31. The minimum Gasteiger partial charge on any atom is -0.489 e. The predicted octanol–water partition coefficient (Wildman–Crippen LogP) is -1.70. The number of amides is 1. The lowest BCUT2D eigenvalue weighted by Gasteiger charge is -2.35. The highest BCUT2D eigenvalue weighted by Crippen LogP contribution is 2.23. The van der Waals surface area contributed by atoms with Gasteiger partial charge in [-0.1, -0.05) is 0 Å². The van der Waals surface area contributed by atoms with E-state index in [0.717, 1.165) is 0 Å². The molecule has 0 aliphatic carbocycles. The minimum absolute atomic E-state index is 0.123. The molecule has 0 spiro atoms. The number of likely N-dealkylation sites (N-methyl/N-ethyl adjacent to an activating group) is 1. The van der Waals surface area contributed by atoms with Gasteiger partial charge in [0.05, 0.1) is 13.4 Å². The van der Waals surface area contributed by atoms with E-state index in [0.29, 0.717) is 25.5 Å². The number of carbonyl (C=O) groups is 1. The van der Waals surface area contributed by atoms with E-state index in [1.807, 2.05) is 0 Å². The summed E-state index contributed by atoms with van der Waals surface area (Å²) < 4.78 is 5.09. The lowest BCUT2D eigenvalue weighted by Crippen LogP contribution is -2.58. The van der Waals surface area contributed by atoms with Gasteiger partial charge in [-0.05, 0) is 0 Å². The average Bonchev–Trinajstić information content (AvgIpc) is 2.46. The van der Waals surface area contributed by atoms with Crippen molar-refractivity contribution < 1.29 is 9.53 Å². The molecule has 19 heavy (non-hydrogen) atoms. The molecule has 0 bridgehead atoms. The van der Waals surface area contributed by atoms with Gasteiger partial charge in [-0.3, -0.25) is 9.59 Å². The van der Waals surface area contributed by atoms with Crippen LogP contribution in [0, 0.1) is 0 Å². The molecule has 1 fully saturated rings. The zero-order valence-corrected chi connectivity index (χ0v) is 10.9. The molecule has 104 valence electrons. The lowest BCUT2D eigenvalue weighted by molar-refractivity contribution is -0.122. The summed E-state index contributed by atoms with van der Waals surface area (Å²) in [5.41, 5.74) is -0.360. The highest BCUT2D eigenvalue weighted by molar-refractivity contribution is 5.85. The van der Waals surface area contributed by atoms with Crippen molar-refractivity contribution in [3.05, 3.63) is 16.7 Å². The summed E-state index contributed by atoms with van der Waals surface area (Å²) in [5.74, 6) is 0.385. The number of methoxy groups -OCH3 is 1. The van der Waals surface area contributed by atoms with Crippen molar-refractivity contribution in [2.75, 3.05) is 38.7 Å². The summed E-state index contributed by atoms with van der Waals surface area (Å²) in [5, 5.41) is 5.76. The maximum atomic E-state index is 11.9. The number of ether oxygens (including phenoxy) is 1. The van der Waals surface area contributed by atoms with E-state index in [4.69, 9.17) is 4.74 Å². The van der Waals surface area contributed by atoms with Gasteiger partial charge in [-0.15, -0.1) is 0 Å². The predicted molar refractivity (Wildman–Crippen MR) is 69.5 cm³/mol. The average molecular weight is 267 g/mol. The first-order valence-corrected chi connectivity index (χ1v) is 5.99. The van der Waals surface area contributed by atoms with Gasteiger partial charge in [0.1, 0.15) is 6.04 Å². The fourth-order valence-electron chi connectivity index (χ4n) is 2.13. The highest BCUT2D eigenvalue weighted by Gasteiger charge is 2.31. The van der Waals surface area contributed by atoms with Crippen LogP contribution in [0.2, 0.25) is 0 Å². The Labute approximate surface area is 110 Å². The van der Waals surface area contributed by atoms with E-state index >= 15 is 0 Å². The molecule has 0 saturated carbocycles. The molecule has 3 N–H and O–H groups in total. The molecule has 0 radical (unpaired) electrons. The number of hydrogen-bond acceptors (Lipinski definition) is 6. The van der Waals surface area contributed by atoms with E-state index in [2.05, 4.69) is 20.6 Å². The third-order valence-electron chi connectivity index (χ3n) is 3.06. The third kappa shape index (κ3) is 2.53. The van der Waals surface area contributed by atoms with Gasteiger partial charge in [0, 0.05) is 26.7 Å². The van der Waals surface area contributed by atoms with Gasteiger partial charge in [0.2, 0.25) is 11.7 Å². The van der Waals surface area contributed by atoms with Crippen molar-refractivity contribution in [3.8, 4) is 5.75 Å². The van der Waals surface area contributed by atoms with Gasteiger partial charge in [-0.25, -0.2) is 4.98 Å². The summed E-state index contributed by atoms with van der Waals surface area (Å²) >= 11 is 0. The number of aromatic amines is 1. The van der Waals surface area contributed by atoms with Crippen LogP contribution in [0.15, 0.2) is 11.1 Å². The summed E-state index contributed by atoms with van der Waals surface area (Å²) in [6, 6.07) is -0.415. The van der Waals surface area contributed by atoms with E-state index in [-0.39, 0.29) is 17.2 Å². The van der Waals surface area contributed by atoms with Crippen LogP contribution in [0.4, 0.5) is 5.82 Å². The molecule has 2 rings (SSSR count). The Bertz CT molecular complexity index is 515. The summed E-state index contributed by atoms with van der Waals surface area (Å²) in [4.78, 5) is 32.0. The monoisotopic (exact) mass is 267 g/mol. The topological polar surface area (TPSA) is 99.4 Å². The van der Waals surface area contributed by atoms with Crippen molar-refractivity contribution in [3.63, 3.8) is 0 Å². The smallest absolute Gasteiger partial charge is 0.295 e. The Balaban J connectivity index is 2.40. The highest BCUT2D eigenvalue weighted by atomic mass is 16.5. The fraction of sp³-hybridized carbons (Fsp3) is 0.545. The second-order valence-electron chi connectivity index (χ2n) is 4.12. The molecule has 1 saturated heterocycles. The lowest BCUT2D eigenvalue weighted by atomic mass is 10.1. The van der Waals surface area contributed by atoms with E-state index in [9.17, 15) is 9.59 Å². The number of anilines is 1. The van der Waals surface area contributed by atoms with Crippen LogP contribution in [-0.4, -0.2) is 55.7 Å². The van der Waals surface area contributed by atoms with Crippen molar-refractivity contribution in [1.29, 1.82) is 0 Å². The van der Waals surface area contributed by atoms with Crippen LogP contribution in [0.25, 0.3) is 0 Å². The molecule has 1 aliphatic heterocycles. The number of H-pyrrole nitrogens is 1. The van der Waals surface area contributed by atoms with Gasteiger partial charge in [0.25, 0.3) is 5.56 Å². The second-order valence-corrected chi connectivity index (χ2v) is 4.12. The number of nitrogens with one attached hydrogen (secondary N) is 3. The van der Waals surface area contributed by atoms with E-state index in [1.54, 1.807) is 11.9 Å². The molecule has 1 aliphatic rings. The molecule has 8 nitrogen and oxygen atoms in total. The molecule has 8 heteroatoms. The van der Waals surface area contributed by atoms with Crippen molar-refractivity contribution >= 4 is 11.7 Å². The molecular weight excluding hydrogens is 250 g/mol. The fourth-order valence-corrected chi connectivity index (χ4v) is 2.13. The maximum absolute atomic E-state index is 11.9. The number of rotatable bonds is 3. The van der Waals surface area contributed by atoms with Crippen LogP contribution < -0.4 is 25.8 Å². The standard InChI is InChI=1S/C11H17N5O3/c1-12-10(17)7-5-13-3-4-16(7)9-8(19-2)11(18)15-6-14-9/h6-7,13H,3-5H2,1-2H3,(H,12,17)(H,14,15,18). The van der Waals surface area contributed by atoms with E-state index < -0.39 is 6.04 Å². The van der Waals surface area contributed by atoms with Gasteiger partial charge in [-0.2, -0.15) is 0 Å². The SMILES string of the molecule is CNC(=O)C1CNCCN1c1nc[nH]c(=O)c1OC. The number of carbonyl (C=O) groups excluding carboxylic acids is 1. The Morgan fingerprint density at radius 3 is 3.11 bits per heavy atom. The molecule has 1 unspecified atom stereocenters. The van der Waals surface area contributed by atoms with Crippen LogP contribution in [0.5, 0.6) is 5.75 Å². The molecule has 1 aromatic heterocycles.